The van der Waals surface area contributed by atoms with Gasteiger partial charge in [0.1, 0.15) is 23.9 Å². The van der Waals surface area contributed by atoms with Crippen LogP contribution >= 0.6 is 0 Å². The SMILES string of the molecule is CCn1cc(-c2ccc(C)c(C)c2)c(=O)c2c(Nc3ccc(Oc4ccnc5cc(OCC(C)(C)O)ccc45)c(F)c3)nccc21. The number of fused-ring (bicyclic) bond motifs is 2. The number of rotatable bonds is 9. The monoisotopic (exact) mass is 618 g/mol. The molecule has 6 rings (SSSR count). The Balaban J connectivity index is 1.30. The molecule has 8 nitrogen and oxygen atoms in total. The van der Waals surface area contributed by atoms with Crippen LogP contribution in [0.5, 0.6) is 17.2 Å². The zero-order valence-corrected chi connectivity index (χ0v) is 26.4. The van der Waals surface area contributed by atoms with E-state index in [1.165, 1.54) is 12.1 Å². The van der Waals surface area contributed by atoms with Gasteiger partial charge in [0, 0.05) is 53.9 Å². The number of aliphatic hydroxyl groups is 1. The molecule has 0 aliphatic carbocycles. The highest BCUT2D eigenvalue weighted by atomic mass is 19.1. The molecule has 0 fully saturated rings. The van der Waals surface area contributed by atoms with Crippen LogP contribution in [0.15, 0.2) is 90.1 Å². The summed E-state index contributed by atoms with van der Waals surface area (Å²) in [4.78, 5) is 22.8. The molecule has 3 aromatic heterocycles. The van der Waals surface area contributed by atoms with Gasteiger partial charge in [-0.15, -0.1) is 0 Å². The molecule has 0 atom stereocenters. The summed E-state index contributed by atoms with van der Waals surface area (Å²) in [6, 6.07) is 19.3. The van der Waals surface area contributed by atoms with Crippen LogP contribution < -0.4 is 20.2 Å². The summed E-state index contributed by atoms with van der Waals surface area (Å²) in [5, 5.41) is 14.2. The fourth-order valence-electron chi connectivity index (χ4n) is 5.26. The van der Waals surface area contributed by atoms with Crippen molar-refractivity contribution in [2.24, 2.45) is 0 Å². The van der Waals surface area contributed by atoms with Crippen molar-refractivity contribution in [3.63, 3.8) is 0 Å². The van der Waals surface area contributed by atoms with Gasteiger partial charge >= 0.3 is 0 Å². The molecular weight excluding hydrogens is 583 g/mol. The van der Waals surface area contributed by atoms with Crippen LogP contribution in [0.3, 0.4) is 0 Å². The standard InChI is InChI=1S/C37H35FN4O4/c1-6-42-20-28(24-8-7-22(2)23(3)17-24)35(43)34-31(42)13-15-40-36(34)41-25-9-12-33(29(38)18-25)46-32-14-16-39-30-19-26(10-11-27(30)32)45-21-37(4,5)44/h7-20,44H,6,21H2,1-5H3,(H,40,41). The third kappa shape index (κ3) is 6.27. The van der Waals surface area contributed by atoms with Gasteiger partial charge in [-0.3, -0.25) is 9.78 Å². The van der Waals surface area contributed by atoms with E-state index in [4.69, 9.17) is 9.47 Å². The summed E-state index contributed by atoms with van der Waals surface area (Å²) < 4.78 is 29.2. The molecule has 6 aromatic rings. The van der Waals surface area contributed by atoms with Gasteiger partial charge in [0.05, 0.1) is 22.0 Å². The molecule has 0 aliphatic heterocycles. The van der Waals surface area contributed by atoms with E-state index in [0.29, 0.717) is 51.4 Å². The van der Waals surface area contributed by atoms with Gasteiger partial charge in [0.15, 0.2) is 11.6 Å². The lowest BCUT2D eigenvalue weighted by Gasteiger charge is -2.18. The number of hydrogen-bond donors (Lipinski definition) is 2. The minimum atomic E-state index is -0.978. The lowest BCUT2D eigenvalue weighted by Crippen LogP contribution is -2.27. The summed E-state index contributed by atoms with van der Waals surface area (Å²) in [7, 11) is 0. The lowest BCUT2D eigenvalue weighted by atomic mass is 10.00. The highest BCUT2D eigenvalue weighted by molar-refractivity contribution is 5.94. The van der Waals surface area contributed by atoms with E-state index in [-0.39, 0.29) is 17.8 Å². The second-order valence-electron chi connectivity index (χ2n) is 12.0. The van der Waals surface area contributed by atoms with E-state index in [9.17, 15) is 9.90 Å². The molecule has 0 radical (unpaired) electrons. The lowest BCUT2D eigenvalue weighted by molar-refractivity contribution is 0.0285. The number of nitrogens with zero attached hydrogens (tertiary/aromatic N) is 3. The number of hydrogen-bond acceptors (Lipinski definition) is 7. The molecule has 0 unspecified atom stereocenters. The van der Waals surface area contributed by atoms with E-state index < -0.39 is 11.4 Å². The van der Waals surface area contributed by atoms with Gasteiger partial charge in [-0.25, -0.2) is 9.37 Å². The van der Waals surface area contributed by atoms with E-state index in [1.54, 1.807) is 56.6 Å². The molecule has 46 heavy (non-hydrogen) atoms. The van der Waals surface area contributed by atoms with E-state index >= 15 is 4.39 Å². The first-order chi connectivity index (χ1) is 22.0. The van der Waals surface area contributed by atoms with Crippen molar-refractivity contribution in [3.8, 4) is 28.4 Å². The normalized spacial score (nSPS) is 11.6. The van der Waals surface area contributed by atoms with Gasteiger partial charge < -0.3 is 24.5 Å². The highest BCUT2D eigenvalue weighted by Crippen LogP contribution is 2.34. The molecule has 234 valence electrons. The number of benzene rings is 3. The Bertz CT molecular complexity index is 2150. The van der Waals surface area contributed by atoms with Crippen molar-refractivity contribution in [1.29, 1.82) is 0 Å². The summed E-state index contributed by atoms with van der Waals surface area (Å²) in [5.74, 6) is 0.744. The summed E-state index contributed by atoms with van der Waals surface area (Å²) in [6.07, 6.45) is 5.10. The molecule has 0 spiro atoms. The Morgan fingerprint density at radius 3 is 2.48 bits per heavy atom. The Morgan fingerprint density at radius 1 is 0.935 bits per heavy atom. The zero-order chi connectivity index (χ0) is 32.6. The Kier molecular flexibility index (Phi) is 8.19. The Hall–Kier alpha value is -5.28. The second kappa shape index (κ2) is 12.3. The average Bonchev–Trinajstić information content (AvgIpc) is 3.02. The Morgan fingerprint density at radius 2 is 1.74 bits per heavy atom. The van der Waals surface area contributed by atoms with Crippen LogP contribution in [0, 0.1) is 19.7 Å². The van der Waals surface area contributed by atoms with Crippen LogP contribution in [0.1, 0.15) is 31.9 Å². The number of halogens is 1. The van der Waals surface area contributed by atoms with Gasteiger partial charge in [0.25, 0.3) is 0 Å². The van der Waals surface area contributed by atoms with E-state index in [1.807, 2.05) is 55.8 Å². The maximum atomic E-state index is 15.5. The number of aryl methyl sites for hydroxylation is 3. The first-order valence-electron chi connectivity index (χ1n) is 15.1. The average molecular weight is 619 g/mol. The Labute approximate surface area is 266 Å². The van der Waals surface area contributed by atoms with Crippen LogP contribution in [0.25, 0.3) is 32.9 Å². The van der Waals surface area contributed by atoms with Crippen molar-refractivity contribution >= 4 is 33.3 Å². The molecule has 0 saturated carbocycles. The highest BCUT2D eigenvalue weighted by Gasteiger charge is 2.17. The molecule has 0 saturated heterocycles. The molecule has 3 heterocycles. The molecule has 3 aromatic carbocycles. The van der Waals surface area contributed by atoms with Gasteiger partial charge in [-0.1, -0.05) is 18.2 Å². The van der Waals surface area contributed by atoms with E-state index in [2.05, 4.69) is 15.3 Å². The topological polar surface area (TPSA) is 98.5 Å². The maximum Gasteiger partial charge on any atom is 0.200 e. The number of anilines is 2. The summed E-state index contributed by atoms with van der Waals surface area (Å²) in [5.41, 5.74) is 4.27. The minimum absolute atomic E-state index is 0.0247. The molecule has 0 bridgehead atoms. The first-order valence-corrected chi connectivity index (χ1v) is 15.1. The van der Waals surface area contributed by atoms with Crippen LogP contribution in [-0.2, 0) is 6.54 Å². The van der Waals surface area contributed by atoms with Gasteiger partial charge in [0.2, 0.25) is 5.43 Å². The van der Waals surface area contributed by atoms with Crippen molar-refractivity contribution in [1.82, 2.24) is 14.5 Å². The van der Waals surface area contributed by atoms with E-state index in [0.717, 1.165) is 22.2 Å². The molecule has 9 heteroatoms. The number of ether oxygens (including phenoxy) is 2. The fraction of sp³-hybridized carbons (Fsp3) is 0.216. The van der Waals surface area contributed by atoms with Crippen LogP contribution in [0.4, 0.5) is 15.9 Å². The van der Waals surface area contributed by atoms with Crippen LogP contribution in [-0.4, -0.2) is 31.8 Å². The minimum Gasteiger partial charge on any atom is -0.491 e. The second-order valence-corrected chi connectivity index (χ2v) is 12.0. The third-order valence-corrected chi connectivity index (χ3v) is 7.83. The maximum absolute atomic E-state index is 15.5. The quantitative estimate of drug-likeness (QED) is 0.169. The number of aromatic nitrogens is 3. The molecule has 0 amide bonds. The third-order valence-electron chi connectivity index (χ3n) is 7.83. The van der Waals surface area contributed by atoms with Crippen molar-refractivity contribution in [2.45, 2.75) is 46.8 Å². The smallest absolute Gasteiger partial charge is 0.200 e. The molecular formula is C37H35FN4O4. The largest absolute Gasteiger partial charge is 0.491 e. The summed E-state index contributed by atoms with van der Waals surface area (Å²) >= 11 is 0. The zero-order valence-electron chi connectivity index (χ0n) is 26.4. The summed E-state index contributed by atoms with van der Waals surface area (Å²) in [6.45, 7) is 10.2. The van der Waals surface area contributed by atoms with Crippen molar-refractivity contribution < 1.29 is 19.0 Å². The number of pyridine rings is 3. The van der Waals surface area contributed by atoms with Gasteiger partial charge in [-0.2, -0.15) is 0 Å². The van der Waals surface area contributed by atoms with Crippen LogP contribution in [0.2, 0.25) is 0 Å². The van der Waals surface area contributed by atoms with Crippen molar-refractivity contribution in [2.75, 3.05) is 11.9 Å². The predicted octanol–water partition coefficient (Wildman–Crippen LogP) is 8.07. The van der Waals surface area contributed by atoms with Gasteiger partial charge in [-0.05, 0) is 87.7 Å². The van der Waals surface area contributed by atoms with Crippen molar-refractivity contribution in [3.05, 3.63) is 112 Å². The fourth-order valence-corrected chi connectivity index (χ4v) is 5.26. The number of nitrogens with one attached hydrogen (secondary N) is 1. The first kappa shape index (κ1) is 30.7. The predicted molar refractivity (Wildman–Crippen MR) is 180 cm³/mol. The molecule has 2 N–H and O–H groups in total. The molecule has 0 aliphatic rings.